The van der Waals surface area contributed by atoms with Crippen molar-refractivity contribution >= 4 is 27.3 Å². The van der Waals surface area contributed by atoms with Crippen molar-refractivity contribution in [2.45, 2.75) is 105 Å². The summed E-state index contributed by atoms with van der Waals surface area (Å²) in [6, 6.07) is 8.01. The summed E-state index contributed by atoms with van der Waals surface area (Å²) in [6.45, 7) is 20.7. The number of carbonyl (C=O) groups excluding carboxylic acids is 2. The lowest BCUT2D eigenvalue weighted by molar-refractivity contribution is -0.219. The van der Waals surface area contributed by atoms with Gasteiger partial charge in [0.05, 0.1) is 30.7 Å². The quantitative estimate of drug-likeness (QED) is 0.239. The van der Waals surface area contributed by atoms with Crippen LogP contribution in [0.1, 0.15) is 115 Å². The second-order valence-corrected chi connectivity index (χ2v) is 21.2. The van der Waals surface area contributed by atoms with E-state index in [4.69, 9.17) is 4.74 Å². The maximum absolute atomic E-state index is 13.8. The van der Waals surface area contributed by atoms with Crippen LogP contribution in [-0.2, 0) is 19.4 Å². The molecule has 7 nitrogen and oxygen atoms in total. The third kappa shape index (κ3) is 5.70. The smallest absolute Gasteiger partial charge is 0.337 e. The van der Waals surface area contributed by atoms with Crippen molar-refractivity contribution in [3.63, 3.8) is 0 Å². The predicted octanol–water partition coefficient (Wildman–Crippen LogP) is 7.72. The summed E-state index contributed by atoms with van der Waals surface area (Å²) in [4.78, 5) is 27.9. The maximum atomic E-state index is 13.8. The monoisotopic (exact) mass is 718 g/mol. The molecule has 4 saturated carbocycles. The van der Waals surface area contributed by atoms with E-state index in [-0.39, 0.29) is 57.1 Å². The second-order valence-electron chi connectivity index (χ2n) is 18.9. The third-order valence-corrected chi connectivity index (χ3v) is 18.1. The molecule has 1 aliphatic heterocycles. The molecule has 8 heteroatoms. The number of esters is 1. The Kier molecular flexibility index (Phi) is 9.09. The van der Waals surface area contributed by atoms with Crippen molar-refractivity contribution in [3.8, 4) is 0 Å². The number of nitrogens with zero attached hydrogens (tertiary/aromatic N) is 1. The van der Waals surface area contributed by atoms with E-state index in [0.717, 1.165) is 32.1 Å². The van der Waals surface area contributed by atoms with Crippen LogP contribution in [0, 0.1) is 51.2 Å². The maximum Gasteiger partial charge on any atom is 0.337 e. The number of nitrogens with one attached hydrogen (secondary N) is 1. The minimum absolute atomic E-state index is 0.0000907. The minimum Gasteiger partial charge on any atom is -0.465 e. The Morgan fingerprint density at radius 3 is 2.24 bits per heavy atom. The Hall–Kier alpha value is -2.45. The van der Waals surface area contributed by atoms with Gasteiger partial charge in [-0.25, -0.2) is 13.2 Å². The fourth-order valence-corrected chi connectivity index (χ4v) is 15.1. The van der Waals surface area contributed by atoms with Crippen LogP contribution in [0.15, 0.2) is 42.5 Å². The van der Waals surface area contributed by atoms with E-state index in [0.29, 0.717) is 48.2 Å². The van der Waals surface area contributed by atoms with Crippen molar-refractivity contribution in [3.05, 3.63) is 53.6 Å². The van der Waals surface area contributed by atoms with E-state index in [1.807, 2.05) is 17.0 Å². The first-order valence-electron chi connectivity index (χ1n) is 19.7. The summed E-state index contributed by atoms with van der Waals surface area (Å²) >= 11 is 0. The molecule has 280 valence electrons. The molecule has 7 rings (SSSR count). The van der Waals surface area contributed by atoms with Crippen LogP contribution in [0.2, 0.25) is 0 Å². The van der Waals surface area contributed by atoms with Gasteiger partial charge >= 0.3 is 5.97 Å². The van der Waals surface area contributed by atoms with Gasteiger partial charge in [0.1, 0.15) is 0 Å². The molecule has 0 radical (unpaired) electrons. The fraction of sp³-hybridized carbons (Fsp3) is 0.721. The Balaban J connectivity index is 1.16. The first kappa shape index (κ1) is 36.9. The van der Waals surface area contributed by atoms with Gasteiger partial charge < -0.3 is 10.1 Å². The average Bonchev–Trinajstić information content (AvgIpc) is 3.45. The second kappa shape index (κ2) is 12.6. The van der Waals surface area contributed by atoms with Gasteiger partial charge in [-0.1, -0.05) is 65.0 Å². The van der Waals surface area contributed by atoms with Crippen LogP contribution in [0.3, 0.4) is 0 Å². The predicted molar refractivity (Wildman–Crippen MR) is 204 cm³/mol. The molecule has 5 fully saturated rings. The van der Waals surface area contributed by atoms with Gasteiger partial charge in [0.2, 0.25) is 5.91 Å². The summed E-state index contributed by atoms with van der Waals surface area (Å²) in [5.41, 5.74) is 4.80. The van der Waals surface area contributed by atoms with E-state index in [9.17, 15) is 18.0 Å². The molecular weight excluding hydrogens is 657 g/mol. The molecule has 5 aliphatic carbocycles. The van der Waals surface area contributed by atoms with E-state index >= 15 is 0 Å². The molecule has 0 spiro atoms. The highest BCUT2D eigenvalue weighted by molar-refractivity contribution is 7.91. The van der Waals surface area contributed by atoms with Crippen molar-refractivity contribution in [2.75, 3.05) is 38.2 Å². The van der Waals surface area contributed by atoms with Gasteiger partial charge in [0, 0.05) is 18.6 Å². The lowest BCUT2D eigenvalue weighted by Gasteiger charge is -2.72. The molecule has 0 aromatic heterocycles. The van der Waals surface area contributed by atoms with E-state index in [1.54, 1.807) is 0 Å². The number of allylic oxidation sites excluding steroid dienone is 3. The van der Waals surface area contributed by atoms with Crippen LogP contribution in [0.4, 0.5) is 0 Å². The molecule has 9 unspecified atom stereocenters. The number of hydrogen-bond acceptors (Lipinski definition) is 6. The fourth-order valence-electron chi connectivity index (χ4n) is 13.8. The molecular formula is C43H62N2O5S. The number of carbonyl (C=O) groups is 2. The van der Waals surface area contributed by atoms with Crippen LogP contribution >= 0.6 is 0 Å². The van der Waals surface area contributed by atoms with E-state index < -0.39 is 9.84 Å². The van der Waals surface area contributed by atoms with Gasteiger partial charge in [0.25, 0.3) is 0 Å². The van der Waals surface area contributed by atoms with Gasteiger partial charge in [-0.05, 0) is 139 Å². The largest absolute Gasteiger partial charge is 0.465 e. The number of amides is 1. The Labute approximate surface area is 307 Å². The molecule has 1 N–H and O–H groups in total. The van der Waals surface area contributed by atoms with Crippen LogP contribution < -0.4 is 5.32 Å². The summed E-state index contributed by atoms with van der Waals surface area (Å²) in [6.07, 6.45) is 12.7. The first-order chi connectivity index (χ1) is 23.9. The summed E-state index contributed by atoms with van der Waals surface area (Å²) in [7, 11) is -1.56. The molecule has 9 atom stereocenters. The van der Waals surface area contributed by atoms with Crippen molar-refractivity contribution in [1.82, 2.24) is 10.2 Å². The standard InChI is InChI=1S/C43H62N2O5S/c1-28(2)31-15-20-43(44-36(46)27-45-23-25-51(48,49)26-24-45)22-21-41(6)33(37(31)43)13-14-35-40(5)18-16-32(29-9-11-30(12-10-29)38(47)50-8)39(3,4)34(40)17-19-42(35,41)7/h9-12,16,31,33-35,37H,1,13-15,17-27H2,2-8H3,(H,44,46). The molecule has 0 bridgehead atoms. The Morgan fingerprint density at radius 2 is 1.59 bits per heavy atom. The summed E-state index contributed by atoms with van der Waals surface area (Å²) in [5, 5.41) is 3.67. The van der Waals surface area contributed by atoms with Crippen molar-refractivity contribution in [2.24, 2.45) is 51.2 Å². The summed E-state index contributed by atoms with van der Waals surface area (Å²) < 4.78 is 29.0. The zero-order chi connectivity index (χ0) is 36.8. The number of hydrogen-bond donors (Lipinski definition) is 1. The molecule has 51 heavy (non-hydrogen) atoms. The molecule has 1 saturated heterocycles. The van der Waals surface area contributed by atoms with Crippen LogP contribution in [-0.4, -0.2) is 69.0 Å². The number of ether oxygens (including phenoxy) is 1. The van der Waals surface area contributed by atoms with Crippen LogP contribution in [0.25, 0.3) is 5.57 Å². The van der Waals surface area contributed by atoms with Crippen molar-refractivity contribution < 1.29 is 22.7 Å². The molecule has 1 heterocycles. The number of fused-ring (bicyclic) bond motifs is 7. The molecule has 1 aromatic carbocycles. The number of sulfone groups is 1. The van der Waals surface area contributed by atoms with Gasteiger partial charge in [-0.3, -0.25) is 9.69 Å². The molecule has 6 aliphatic rings. The summed E-state index contributed by atoms with van der Waals surface area (Å²) in [5.74, 6) is 2.54. The highest BCUT2D eigenvalue weighted by atomic mass is 32.2. The van der Waals surface area contributed by atoms with E-state index in [2.05, 4.69) is 71.6 Å². The van der Waals surface area contributed by atoms with E-state index in [1.165, 1.54) is 49.5 Å². The zero-order valence-corrected chi connectivity index (χ0v) is 33.1. The molecule has 1 aromatic rings. The normalized spacial score (nSPS) is 41.2. The SMILES string of the molecule is C=C(C)C1CCC2(NC(=O)CN3CCS(=O)(=O)CC3)CCC3(C)C(CCC4C5(C)CC=C(c6ccc(C(=O)OC)cc6)C(C)(C)C5CCC43C)C12. The van der Waals surface area contributed by atoms with Gasteiger partial charge in [-0.2, -0.15) is 0 Å². The van der Waals surface area contributed by atoms with Crippen molar-refractivity contribution in [1.29, 1.82) is 0 Å². The lowest BCUT2D eigenvalue weighted by Crippen LogP contribution is -2.68. The van der Waals surface area contributed by atoms with Gasteiger partial charge in [-0.15, -0.1) is 0 Å². The molecule has 1 amide bonds. The average molecular weight is 719 g/mol. The number of methoxy groups -OCH3 is 1. The highest BCUT2D eigenvalue weighted by Crippen LogP contribution is 2.76. The topological polar surface area (TPSA) is 92.8 Å². The number of rotatable bonds is 6. The Bertz CT molecular complexity index is 1720. The highest BCUT2D eigenvalue weighted by Gasteiger charge is 2.70. The van der Waals surface area contributed by atoms with Gasteiger partial charge in [0.15, 0.2) is 9.84 Å². The third-order valence-electron chi connectivity index (χ3n) is 16.5. The minimum atomic E-state index is -2.99. The first-order valence-corrected chi connectivity index (χ1v) is 21.5. The van der Waals surface area contributed by atoms with Crippen LogP contribution in [0.5, 0.6) is 0 Å². The zero-order valence-electron chi connectivity index (χ0n) is 32.3. The Morgan fingerprint density at radius 1 is 0.902 bits per heavy atom. The number of benzene rings is 1. The lowest BCUT2D eigenvalue weighted by atomic mass is 9.33.